The maximum atomic E-state index is 12.8. The number of aromatic nitrogens is 2. The average Bonchev–Trinajstić information content (AvgIpc) is 3.09. The summed E-state index contributed by atoms with van der Waals surface area (Å²) < 4.78 is 0. The Morgan fingerprint density at radius 2 is 1.65 bits per heavy atom. The van der Waals surface area contributed by atoms with Crippen LogP contribution in [-0.4, -0.2) is 15.8 Å². The number of hydrogen-bond acceptors (Lipinski definition) is 2. The third-order valence-electron chi connectivity index (χ3n) is 3.94. The van der Waals surface area contributed by atoms with Gasteiger partial charge in [0.05, 0.1) is 17.4 Å². The minimum absolute atomic E-state index is 0.0332. The summed E-state index contributed by atoms with van der Waals surface area (Å²) in [6.45, 7) is 0. The van der Waals surface area contributed by atoms with Gasteiger partial charge >= 0.3 is 0 Å². The van der Waals surface area contributed by atoms with Crippen LogP contribution in [0.3, 0.4) is 0 Å². The second kappa shape index (κ2) is 5.54. The monoisotopic (exact) mass is 298 g/mol. The SMILES string of the molecule is O=C(c1ccccc1)c1ccccc1-c1ccc2nc[nH]c2c1. The molecule has 0 fully saturated rings. The molecule has 0 saturated heterocycles. The molecule has 0 aliphatic rings. The summed E-state index contributed by atoms with van der Waals surface area (Å²) in [5.41, 5.74) is 5.21. The van der Waals surface area contributed by atoms with Gasteiger partial charge in [-0.15, -0.1) is 0 Å². The number of imidazole rings is 1. The lowest BCUT2D eigenvalue weighted by atomic mass is 9.94. The van der Waals surface area contributed by atoms with Gasteiger partial charge in [0.25, 0.3) is 0 Å². The van der Waals surface area contributed by atoms with Gasteiger partial charge in [-0.3, -0.25) is 4.79 Å². The number of carbonyl (C=O) groups is 1. The Bertz CT molecular complexity index is 987. The van der Waals surface area contributed by atoms with Crippen LogP contribution in [0.2, 0.25) is 0 Å². The van der Waals surface area contributed by atoms with Crippen LogP contribution in [-0.2, 0) is 0 Å². The van der Waals surface area contributed by atoms with Crippen LogP contribution in [0.5, 0.6) is 0 Å². The Hall–Kier alpha value is -3.20. The predicted octanol–water partition coefficient (Wildman–Crippen LogP) is 4.46. The van der Waals surface area contributed by atoms with Crippen molar-refractivity contribution in [1.29, 1.82) is 0 Å². The number of rotatable bonds is 3. The lowest BCUT2D eigenvalue weighted by Crippen LogP contribution is -2.03. The quantitative estimate of drug-likeness (QED) is 0.567. The molecule has 0 unspecified atom stereocenters. The fourth-order valence-electron chi connectivity index (χ4n) is 2.78. The van der Waals surface area contributed by atoms with E-state index in [1.807, 2.05) is 72.8 Å². The number of hydrogen-bond donors (Lipinski definition) is 1. The van der Waals surface area contributed by atoms with Crippen LogP contribution in [0.1, 0.15) is 15.9 Å². The molecule has 0 spiro atoms. The molecular weight excluding hydrogens is 284 g/mol. The average molecular weight is 298 g/mol. The normalized spacial score (nSPS) is 10.8. The van der Waals surface area contributed by atoms with Crippen molar-refractivity contribution in [2.24, 2.45) is 0 Å². The van der Waals surface area contributed by atoms with E-state index in [0.29, 0.717) is 11.1 Å². The van der Waals surface area contributed by atoms with Gasteiger partial charge in [-0.05, 0) is 23.3 Å². The molecule has 1 heterocycles. The molecule has 0 aliphatic carbocycles. The molecule has 3 heteroatoms. The van der Waals surface area contributed by atoms with E-state index in [4.69, 9.17) is 0 Å². The lowest BCUT2D eigenvalue weighted by Gasteiger charge is -2.09. The molecule has 3 aromatic carbocycles. The van der Waals surface area contributed by atoms with Gasteiger partial charge in [-0.1, -0.05) is 60.7 Å². The highest BCUT2D eigenvalue weighted by atomic mass is 16.1. The van der Waals surface area contributed by atoms with Gasteiger partial charge in [-0.25, -0.2) is 4.98 Å². The first-order chi connectivity index (χ1) is 11.3. The first kappa shape index (κ1) is 13.5. The van der Waals surface area contributed by atoms with Gasteiger partial charge < -0.3 is 4.98 Å². The first-order valence-corrected chi connectivity index (χ1v) is 7.45. The third-order valence-corrected chi connectivity index (χ3v) is 3.94. The number of nitrogens with zero attached hydrogens (tertiary/aromatic N) is 1. The summed E-state index contributed by atoms with van der Waals surface area (Å²) in [4.78, 5) is 20.2. The molecule has 0 atom stereocenters. The van der Waals surface area contributed by atoms with Crippen molar-refractivity contribution in [3.8, 4) is 11.1 Å². The highest BCUT2D eigenvalue weighted by Crippen LogP contribution is 2.27. The number of carbonyl (C=O) groups excluding carboxylic acids is 1. The topological polar surface area (TPSA) is 45.8 Å². The molecule has 0 radical (unpaired) electrons. The van der Waals surface area contributed by atoms with E-state index in [0.717, 1.165) is 22.2 Å². The molecule has 23 heavy (non-hydrogen) atoms. The van der Waals surface area contributed by atoms with E-state index in [1.165, 1.54) is 0 Å². The van der Waals surface area contributed by atoms with Gasteiger partial charge in [0, 0.05) is 11.1 Å². The zero-order valence-electron chi connectivity index (χ0n) is 12.4. The molecule has 4 rings (SSSR count). The Labute approximate surface area is 133 Å². The summed E-state index contributed by atoms with van der Waals surface area (Å²) in [6.07, 6.45) is 1.68. The summed E-state index contributed by atoms with van der Waals surface area (Å²) in [5.74, 6) is 0.0332. The van der Waals surface area contributed by atoms with Crippen LogP contribution in [0, 0.1) is 0 Å². The zero-order valence-corrected chi connectivity index (χ0v) is 12.4. The fourth-order valence-corrected chi connectivity index (χ4v) is 2.78. The fraction of sp³-hybridized carbons (Fsp3) is 0. The summed E-state index contributed by atoms with van der Waals surface area (Å²) in [7, 11) is 0. The number of H-pyrrole nitrogens is 1. The number of fused-ring (bicyclic) bond motifs is 1. The van der Waals surface area contributed by atoms with Crippen LogP contribution < -0.4 is 0 Å². The number of nitrogens with one attached hydrogen (secondary N) is 1. The molecular formula is C20H14N2O. The van der Waals surface area contributed by atoms with E-state index >= 15 is 0 Å². The highest BCUT2D eigenvalue weighted by Gasteiger charge is 2.14. The summed E-state index contributed by atoms with van der Waals surface area (Å²) in [5, 5.41) is 0. The molecule has 3 nitrogen and oxygen atoms in total. The van der Waals surface area contributed by atoms with Gasteiger partial charge in [0.1, 0.15) is 0 Å². The van der Waals surface area contributed by atoms with E-state index < -0.39 is 0 Å². The summed E-state index contributed by atoms with van der Waals surface area (Å²) in [6, 6.07) is 23.1. The second-order valence-corrected chi connectivity index (χ2v) is 5.38. The van der Waals surface area contributed by atoms with E-state index in [-0.39, 0.29) is 5.78 Å². The standard InChI is InChI=1S/C20H14N2O/c23-20(14-6-2-1-3-7-14)17-9-5-4-8-16(17)15-10-11-18-19(12-15)22-13-21-18/h1-13H,(H,21,22). The molecule has 4 aromatic rings. The number of benzene rings is 3. The Balaban J connectivity index is 1.85. The maximum Gasteiger partial charge on any atom is 0.193 e. The second-order valence-electron chi connectivity index (χ2n) is 5.38. The minimum atomic E-state index is 0.0332. The smallest absolute Gasteiger partial charge is 0.193 e. The minimum Gasteiger partial charge on any atom is -0.345 e. The Morgan fingerprint density at radius 1 is 0.870 bits per heavy atom. The van der Waals surface area contributed by atoms with E-state index in [9.17, 15) is 4.79 Å². The molecule has 1 aromatic heterocycles. The maximum absolute atomic E-state index is 12.8. The van der Waals surface area contributed by atoms with E-state index in [2.05, 4.69) is 9.97 Å². The summed E-state index contributed by atoms with van der Waals surface area (Å²) >= 11 is 0. The first-order valence-electron chi connectivity index (χ1n) is 7.45. The Morgan fingerprint density at radius 3 is 2.52 bits per heavy atom. The van der Waals surface area contributed by atoms with Crippen LogP contribution in [0.25, 0.3) is 22.2 Å². The molecule has 110 valence electrons. The van der Waals surface area contributed by atoms with Crippen molar-refractivity contribution < 1.29 is 4.79 Å². The van der Waals surface area contributed by atoms with Gasteiger partial charge in [0.2, 0.25) is 0 Å². The predicted molar refractivity (Wildman–Crippen MR) is 91.4 cm³/mol. The van der Waals surface area contributed by atoms with Crippen molar-refractivity contribution in [2.45, 2.75) is 0 Å². The van der Waals surface area contributed by atoms with Gasteiger partial charge in [-0.2, -0.15) is 0 Å². The largest absolute Gasteiger partial charge is 0.345 e. The Kier molecular flexibility index (Phi) is 3.24. The molecule has 0 amide bonds. The zero-order chi connectivity index (χ0) is 15.6. The lowest BCUT2D eigenvalue weighted by molar-refractivity contribution is 0.103. The van der Waals surface area contributed by atoms with Crippen LogP contribution in [0.15, 0.2) is 79.1 Å². The molecule has 0 aliphatic heterocycles. The molecule has 0 saturated carbocycles. The van der Waals surface area contributed by atoms with Gasteiger partial charge in [0.15, 0.2) is 5.78 Å². The molecule has 0 bridgehead atoms. The third kappa shape index (κ3) is 2.42. The van der Waals surface area contributed by atoms with Crippen molar-refractivity contribution in [3.05, 3.63) is 90.3 Å². The molecule has 1 N–H and O–H groups in total. The van der Waals surface area contributed by atoms with Crippen molar-refractivity contribution in [3.63, 3.8) is 0 Å². The van der Waals surface area contributed by atoms with E-state index in [1.54, 1.807) is 6.33 Å². The number of ketones is 1. The van der Waals surface area contributed by atoms with Crippen molar-refractivity contribution in [1.82, 2.24) is 9.97 Å². The van der Waals surface area contributed by atoms with Crippen molar-refractivity contribution >= 4 is 16.8 Å². The van der Waals surface area contributed by atoms with Crippen molar-refractivity contribution in [2.75, 3.05) is 0 Å². The van der Waals surface area contributed by atoms with Crippen LogP contribution in [0.4, 0.5) is 0 Å². The number of aromatic amines is 1. The highest BCUT2D eigenvalue weighted by molar-refractivity contribution is 6.13. The van der Waals surface area contributed by atoms with Crippen LogP contribution >= 0.6 is 0 Å².